The topological polar surface area (TPSA) is 42.0 Å². The van der Waals surface area contributed by atoms with Crippen LogP contribution in [0.4, 0.5) is 10.1 Å². The van der Waals surface area contributed by atoms with Crippen LogP contribution in [0.15, 0.2) is 65.1 Å². The second-order valence-corrected chi connectivity index (χ2v) is 6.19. The van der Waals surface area contributed by atoms with Crippen LogP contribution >= 0.6 is 15.9 Å². The molecule has 0 aliphatic heterocycles. The molecule has 0 saturated heterocycles. The predicted molar refractivity (Wildman–Crippen MR) is 96.5 cm³/mol. The number of aromatic nitrogens is 1. The summed E-state index contributed by atoms with van der Waals surface area (Å²) in [5, 5.41) is 2.58. The molecule has 5 heteroatoms. The fourth-order valence-corrected chi connectivity index (χ4v) is 2.68. The minimum absolute atomic E-state index is 0.134. The van der Waals surface area contributed by atoms with Gasteiger partial charge in [0.1, 0.15) is 5.82 Å². The third kappa shape index (κ3) is 3.51. The van der Waals surface area contributed by atoms with Gasteiger partial charge in [0.05, 0.1) is 22.6 Å². The maximum atomic E-state index is 13.9. The number of rotatable bonds is 3. The van der Waals surface area contributed by atoms with Crippen molar-refractivity contribution in [3.63, 3.8) is 0 Å². The van der Waals surface area contributed by atoms with Gasteiger partial charge in [-0.1, -0.05) is 46.3 Å². The minimum Gasteiger partial charge on any atom is -0.319 e. The first-order valence-electron chi connectivity index (χ1n) is 7.34. The van der Waals surface area contributed by atoms with Crippen molar-refractivity contribution in [1.29, 1.82) is 0 Å². The number of hydrogen-bond donors (Lipinski definition) is 1. The highest BCUT2D eigenvalue weighted by molar-refractivity contribution is 9.10. The summed E-state index contributed by atoms with van der Waals surface area (Å²) in [6, 6.07) is 17.7. The number of carbonyl (C=O) groups is 1. The summed E-state index contributed by atoms with van der Waals surface area (Å²) >= 11 is 3.19. The standard InChI is InChI=1S/C19H14BrFN2O/c1-12-15(8-10-17(22-12)13-5-3-2-4-6-13)19(24)23-18-9-7-14(20)11-16(18)21/h2-11H,1H3,(H,23,24). The molecular weight excluding hydrogens is 371 g/mol. The predicted octanol–water partition coefficient (Wildman–Crippen LogP) is 5.21. The van der Waals surface area contributed by atoms with E-state index in [1.807, 2.05) is 30.3 Å². The van der Waals surface area contributed by atoms with Crippen LogP contribution < -0.4 is 5.32 Å². The second kappa shape index (κ2) is 6.93. The Morgan fingerprint density at radius 3 is 2.50 bits per heavy atom. The Morgan fingerprint density at radius 1 is 1.08 bits per heavy atom. The van der Waals surface area contributed by atoms with E-state index < -0.39 is 5.82 Å². The van der Waals surface area contributed by atoms with Crippen molar-refractivity contribution in [3.8, 4) is 11.3 Å². The van der Waals surface area contributed by atoms with E-state index in [0.717, 1.165) is 11.3 Å². The second-order valence-electron chi connectivity index (χ2n) is 5.27. The number of carbonyl (C=O) groups excluding carboxylic acids is 1. The van der Waals surface area contributed by atoms with Crippen molar-refractivity contribution in [2.45, 2.75) is 6.92 Å². The van der Waals surface area contributed by atoms with Crippen LogP contribution in [0.1, 0.15) is 16.1 Å². The molecule has 0 aliphatic rings. The first-order valence-corrected chi connectivity index (χ1v) is 8.13. The third-order valence-electron chi connectivity index (χ3n) is 3.58. The summed E-state index contributed by atoms with van der Waals surface area (Å²) in [5.74, 6) is -0.884. The van der Waals surface area contributed by atoms with Gasteiger partial charge in [0.25, 0.3) is 5.91 Å². The molecule has 1 aromatic heterocycles. The average Bonchev–Trinajstić information content (AvgIpc) is 2.58. The highest BCUT2D eigenvalue weighted by Gasteiger charge is 2.13. The SMILES string of the molecule is Cc1nc(-c2ccccc2)ccc1C(=O)Nc1ccc(Br)cc1F. The third-order valence-corrected chi connectivity index (χ3v) is 4.07. The molecule has 0 unspecified atom stereocenters. The van der Waals surface area contributed by atoms with Crippen LogP contribution in [0.3, 0.4) is 0 Å². The van der Waals surface area contributed by atoms with Gasteiger partial charge in [0.2, 0.25) is 0 Å². The van der Waals surface area contributed by atoms with Crippen molar-refractivity contribution in [2.24, 2.45) is 0 Å². The van der Waals surface area contributed by atoms with Gasteiger partial charge in [-0.2, -0.15) is 0 Å². The molecule has 0 atom stereocenters. The summed E-state index contributed by atoms with van der Waals surface area (Å²) in [6.07, 6.45) is 0. The van der Waals surface area contributed by atoms with Gasteiger partial charge >= 0.3 is 0 Å². The van der Waals surface area contributed by atoms with Crippen molar-refractivity contribution in [3.05, 3.63) is 82.2 Å². The van der Waals surface area contributed by atoms with Gasteiger partial charge in [0.15, 0.2) is 0 Å². The Bertz CT molecular complexity index is 897. The molecule has 3 rings (SSSR count). The molecule has 0 spiro atoms. The molecule has 0 fully saturated rings. The number of nitrogens with one attached hydrogen (secondary N) is 1. The monoisotopic (exact) mass is 384 g/mol. The van der Waals surface area contributed by atoms with Crippen molar-refractivity contribution in [2.75, 3.05) is 5.32 Å². The van der Waals surface area contributed by atoms with E-state index in [9.17, 15) is 9.18 Å². The molecule has 0 saturated carbocycles. The van der Waals surface area contributed by atoms with E-state index in [-0.39, 0.29) is 11.6 Å². The van der Waals surface area contributed by atoms with E-state index in [1.54, 1.807) is 25.1 Å². The molecule has 3 aromatic rings. The molecule has 2 aromatic carbocycles. The van der Waals surface area contributed by atoms with Crippen LogP contribution in [-0.4, -0.2) is 10.9 Å². The molecule has 0 bridgehead atoms. The summed E-state index contributed by atoms with van der Waals surface area (Å²) in [4.78, 5) is 16.9. The molecule has 0 aliphatic carbocycles. The van der Waals surface area contributed by atoms with E-state index in [0.29, 0.717) is 15.7 Å². The Labute approximate surface area is 147 Å². The largest absolute Gasteiger partial charge is 0.319 e. The normalized spacial score (nSPS) is 10.5. The van der Waals surface area contributed by atoms with Gasteiger partial charge < -0.3 is 5.32 Å². The van der Waals surface area contributed by atoms with E-state index in [2.05, 4.69) is 26.2 Å². The number of halogens is 2. The Hall–Kier alpha value is -2.53. The lowest BCUT2D eigenvalue weighted by atomic mass is 10.1. The van der Waals surface area contributed by atoms with Gasteiger partial charge in [-0.3, -0.25) is 9.78 Å². The zero-order valence-electron chi connectivity index (χ0n) is 12.9. The minimum atomic E-state index is -0.496. The fraction of sp³-hybridized carbons (Fsp3) is 0.0526. The number of anilines is 1. The van der Waals surface area contributed by atoms with Crippen molar-refractivity contribution >= 4 is 27.5 Å². The van der Waals surface area contributed by atoms with Crippen molar-refractivity contribution < 1.29 is 9.18 Å². The summed E-state index contributed by atoms with van der Waals surface area (Å²) in [6.45, 7) is 1.76. The lowest BCUT2D eigenvalue weighted by Crippen LogP contribution is -2.15. The van der Waals surface area contributed by atoms with Crippen molar-refractivity contribution in [1.82, 2.24) is 4.98 Å². The fourth-order valence-electron chi connectivity index (χ4n) is 2.35. The molecule has 1 heterocycles. The molecule has 3 nitrogen and oxygen atoms in total. The number of pyridine rings is 1. The number of nitrogens with zero attached hydrogens (tertiary/aromatic N) is 1. The van der Waals surface area contributed by atoms with E-state index in [4.69, 9.17) is 0 Å². The molecule has 120 valence electrons. The smallest absolute Gasteiger partial charge is 0.257 e. The van der Waals surface area contributed by atoms with E-state index >= 15 is 0 Å². The molecule has 1 amide bonds. The Balaban J connectivity index is 1.85. The van der Waals surface area contributed by atoms with Crippen LogP contribution in [0.25, 0.3) is 11.3 Å². The van der Waals surface area contributed by atoms with Crippen LogP contribution in [0.5, 0.6) is 0 Å². The summed E-state index contributed by atoms with van der Waals surface area (Å²) < 4.78 is 14.5. The average molecular weight is 385 g/mol. The van der Waals surface area contributed by atoms with Crippen LogP contribution in [-0.2, 0) is 0 Å². The lowest BCUT2D eigenvalue weighted by Gasteiger charge is -2.10. The first kappa shape index (κ1) is 16.3. The molecular formula is C19H14BrFN2O. The van der Waals surface area contributed by atoms with Crippen LogP contribution in [0, 0.1) is 12.7 Å². The number of amides is 1. The van der Waals surface area contributed by atoms with Gasteiger partial charge in [0, 0.05) is 10.0 Å². The molecule has 1 N–H and O–H groups in total. The maximum Gasteiger partial charge on any atom is 0.257 e. The highest BCUT2D eigenvalue weighted by atomic mass is 79.9. The number of benzene rings is 2. The zero-order chi connectivity index (χ0) is 17.1. The maximum absolute atomic E-state index is 13.9. The summed E-state index contributed by atoms with van der Waals surface area (Å²) in [5.41, 5.74) is 2.91. The Morgan fingerprint density at radius 2 is 1.83 bits per heavy atom. The van der Waals surface area contributed by atoms with Crippen LogP contribution in [0.2, 0.25) is 0 Å². The first-order chi connectivity index (χ1) is 11.5. The Kier molecular flexibility index (Phi) is 4.71. The summed E-state index contributed by atoms with van der Waals surface area (Å²) in [7, 11) is 0. The highest BCUT2D eigenvalue weighted by Crippen LogP contribution is 2.22. The lowest BCUT2D eigenvalue weighted by molar-refractivity contribution is 0.102. The molecule has 0 radical (unpaired) electrons. The van der Waals surface area contributed by atoms with Gasteiger partial charge in [-0.25, -0.2) is 4.39 Å². The number of hydrogen-bond acceptors (Lipinski definition) is 2. The quantitative estimate of drug-likeness (QED) is 0.673. The molecule has 24 heavy (non-hydrogen) atoms. The van der Waals surface area contributed by atoms with Gasteiger partial charge in [-0.15, -0.1) is 0 Å². The number of aryl methyl sites for hydroxylation is 1. The van der Waals surface area contributed by atoms with E-state index in [1.165, 1.54) is 12.1 Å². The van der Waals surface area contributed by atoms with Gasteiger partial charge in [-0.05, 0) is 37.3 Å². The zero-order valence-corrected chi connectivity index (χ0v) is 14.5.